The molecule has 0 saturated carbocycles. The molecule has 0 spiro atoms. The summed E-state index contributed by atoms with van der Waals surface area (Å²) in [7, 11) is 0. The Morgan fingerprint density at radius 3 is 2.45 bits per heavy atom. The maximum atomic E-state index is 12.4. The molecule has 1 aliphatic rings. The molecule has 1 aromatic carbocycles. The molecule has 1 saturated heterocycles. The number of halogens is 1. The minimum atomic E-state index is -0.243. The van der Waals surface area contributed by atoms with Crippen LogP contribution in [0.15, 0.2) is 18.2 Å². The predicted octanol–water partition coefficient (Wildman–Crippen LogP) is 2.14. The molecule has 0 radical (unpaired) electrons. The lowest BCUT2D eigenvalue weighted by atomic mass is 10.1. The van der Waals surface area contributed by atoms with Gasteiger partial charge < -0.3 is 10.2 Å². The highest BCUT2D eigenvalue weighted by Crippen LogP contribution is 2.20. The number of nitrogens with one attached hydrogen (secondary N) is 1. The summed E-state index contributed by atoms with van der Waals surface area (Å²) < 4.78 is 0. The summed E-state index contributed by atoms with van der Waals surface area (Å²) in [6.45, 7) is 8.16. The van der Waals surface area contributed by atoms with E-state index in [1.807, 2.05) is 24.8 Å². The van der Waals surface area contributed by atoms with E-state index < -0.39 is 0 Å². The van der Waals surface area contributed by atoms with Crippen molar-refractivity contribution in [1.82, 2.24) is 9.80 Å². The van der Waals surface area contributed by atoms with Gasteiger partial charge in [-0.15, -0.1) is 0 Å². The maximum absolute atomic E-state index is 12.4. The van der Waals surface area contributed by atoms with Gasteiger partial charge in [0.2, 0.25) is 11.8 Å². The number of hydrogen-bond donors (Lipinski definition) is 1. The average molecular weight is 324 g/mol. The number of benzene rings is 1. The number of rotatable bonds is 3. The van der Waals surface area contributed by atoms with Crippen molar-refractivity contribution >= 4 is 29.1 Å². The molecule has 120 valence electrons. The number of nitrogens with zero attached hydrogens (tertiary/aromatic N) is 2. The first kappa shape index (κ1) is 16.8. The molecule has 6 heteroatoms. The summed E-state index contributed by atoms with van der Waals surface area (Å²) in [5.41, 5.74) is 1.72. The Labute approximate surface area is 136 Å². The zero-order valence-electron chi connectivity index (χ0n) is 13.2. The lowest BCUT2D eigenvalue weighted by Gasteiger charge is -2.37. The molecule has 22 heavy (non-hydrogen) atoms. The van der Waals surface area contributed by atoms with Crippen LogP contribution >= 0.6 is 11.6 Å². The highest BCUT2D eigenvalue weighted by atomic mass is 35.5. The van der Waals surface area contributed by atoms with Crippen LogP contribution in [0.4, 0.5) is 5.69 Å². The summed E-state index contributed by atoms with van der Waals surface area (Å²) in [6, 6.07) is 5.20. The number of carbonyl (C=O) groups excluding carboxylic acids is 2. The van der Waals surface area contributed by atoms with Crippen LogP contribution in [-0.2, 0) is 9.59 Å². The van der Waals surface area contributed by atoms with Gasteiger partial charge in [-0.2, -0.15) is 0 Å². The van der Waals surface area contributed by atoms with E-state index in [0.29, 0.717) is 31.2 Å². The largest absolute Gasteiger partial charge is 0.340 e. The first-order valence-electron chi connectivity index (χ1n) is 7.45. The maximum Gasteiger partial charge on any atom is 0.241 e. The zero-order chi connectivity index (χ0) is 16.3. The minimum absolute atomic E-state index is 0.0540. The smallest absolute Gasteiger partial charge is 0.241 e. The van der Waals surface area contributed by atoms with E-state index in [4.69, 9.17) is 11.6 Å². The number of anilines is 1. The highest BCUT2D eigenvalue weighted by molar-refractivity contribution is 6.31. The van der Waals surface area contributed by atoms with E-state index in [0.717, 1.165) is 11.3 Å². The third kappa shape index (κ3) is 3.99. The van der Waals surface area contributed by atoms with E-state index in [1.54, 1.807) is 19.1 Å². The number of aryl methyl sites for hydroxylation is 1. The Balaban J connectivity index is 1.95. The van der Waals surface area contributed by atoms with Gasteiger partial charge in [0.25, 0.3) is 0 Å². The number of hydrogen-bond acceptors (Lipinski definition) is 3. The molecule has 0 aliphatic carbocycles. The van der Waals surface area contributed by atoms with Gasteiger partial charge in [-0.3, -0.25) is 14.5 Å². The summed E-state index contributed by atoms with van der Waals surface area (Å²) >= 11 is 5.98. The molecule has 1 N–H and O–H groups in total. The molecule has 5 nitrogen and oxygen atoms in total. The fourth-order valence-corrected chi connectivity index (χ4v) is 2.73. The van der Waals surface area contributed by atoms with Crippen molar-refractivity contribution in [2.45, 2.75) is 26.8 Å². The van der Waals surface area contributed by atoms with Crippen LogP contribution in [0.1, 0.15) is 19.4 Å². The predicted molar refractivity (Wildman–Crippen MR) is 88.1 cm³/mol. The second kappa shape index (κ2) is 7.11. The van der Waals surface area contributed by atoms with E-state index in [9.17, 15) is 9.59 Å². The summed E-state index contributed by atoms with van der Waals surface area (Å²) in [4.78, 5) is 27.6. The molecule has 2 rings (SSSR count). The molecule has 0 unspecified atom stereocenters. The normalized spacial score (nSPS) is 17.2. The van der Waals surface area contributed by atoms with Gasteiger partial charge in [0.1, 0.15) is 0 Å². The van der Waals surface area contributed by atoms with Gasteiger partial charge >= 0.3 is 0 Å². The topological polar surface area (TPSA) is 52.7 Å². The standard InChI is InChI=1S/C16H22ClN3O2/c1-11-4-5-14(17)10-15(11)18-16(22)12(2)19-6-8-20(9-7-19)13(3)21/h4-5,10,12H,6-9H2,1-3H3,(H,18,22)/t12-/m1/s1. The fourth-order valence-electron chi connectivity index (χ4n) is 2.56. The second-order valence-electron chi connectivity index (χ2n) is 5.67. The van der Waals surface area contributed by atoms with Crippen molar-refractivity contribution in [2.75, 3.05) is 31.5 Å². The SMILES string of the molecule is CC(=O)N1CCN([C@H](C)C(=O)Nc2cc(Cl)ccc2C)CC1. The van der Waals surface area contributed by atoms with Crippen LogP contribution in [0.25, 0.3) is 0 Å². The van der Waals surface area contributed by atoms with Gasteiger partial charge in [-0.05, 0) is 31.5 Å². The van der Waals surface area contributed by atoms with Gasteiger partial charge in [-0.25, -0.2) is 0 Å². The lowest BCUT2D eigenvalue weighted by Crippen LogP contribution is -2.53. The van der Waals surface area contributed by atoms with Crippen LogP contribution < -0.4 is 5.32 Å². The third-order valence-electron chi connectivity index (χ3n) is 4.14. The molecule has 0 bridgehead atoms. The van der Waals surface area contributed by atoms with Gasteiger partial charge in [0, 0.05) is 43.8 Å². The highest BCUT2D eigenvalue weighted by Gasteiger charge is 2.26. The van der Waals surface area contributed by atoms with Gasteiger partial charge in [-0.1, -0.05) is 17.7 Å². The molecular formula is C16H22ClN3O2. The fraction of sp³-hybridized carbons (Fsp3) is 0.500. The molecule has 1 fully saturated rings. The quantitative estimate of drug-likeness (QED) is 0.927. The third-order valence-corrected chi connectivity index (χ3v) is 4.38. The zero-order valence-corrected chi connectivity index (χ0v) is 14.0. The van der Waals surface area contributed by atoms with Crippen molar-refractivity contribution in [3.8, 4) is 0 Å². The van der Waals surface area contributed by atoms with Crippen molar-refractivity contribution in [3.63, 3.8) is 0 Å². The van der Waals surface area contributed by atoms with Crippen molar-refractivity contribution in [1.29, 1.82) is 0 Å². The van der Waals surface area contributed by atoms with E-state index in [1.165, 1.54) is 0 Å². The molecule has 1 heterocycles. The van der Waals surface area contributed by atoms with Crippen LogP contribution in [0.5, 0.6) is 0 Å². The number of amides is 2. The average Bonchev–Trinajstić information content (AvgIpc) is 2.50. The van der Waals surface area contributed by atoms with E-state index in [2.05, 4.69) is 10.2 Å². The first-order chi connectivity index (χ1) is 10.4. The molecule has 1 aliphatic heterocycles. The summed E-state index contributed by atoms with van der Waals surface area (Å²) in [5, 5.41) is 3.54. The van der Waals surface area contributed by atoms with Crippen molar-refractivity contribution in [2.24, 2.45) is 0 Å². The monoisotopic (exact) mass is 323 g/mol. The van der Waals surface area contributed by atoms with E-state index >= 15 is 0 Å². The van der Waals surface area contributed by atoms with Crippen molar-refractivity contribution in [3.05, 3.63) is 28.8 Å². The van der Waals surface area contributed by atoms with Crippen LogP contribution in [-0.4, -0.2) is 53.8 Å². The van der Waals surface area contributed by atoms with E-state index in [-0.39, 0.29) is 17.9 Å². The van der Waals surface area contributed by atoms with Crippen LogP contribution in [0.3, 0.4) is 0 Å². The molecule has 1 atom stereocenters. The lowest BCUT2D eigenvalue weighted by molar-refractivity contribution is -0.131. The Kier molecular flexibility index (Phi) is 5.42. The van der Waals surface area contributed by atoms with Crippen molar-refractivity contribution < 1.29 is 9.59 Å². The van der Waals surface area contributed by atoms with Crippen LogP contribution in [0, 0.1) is 6.92 Å². The molecule has 2 amide bonds. The Morgan fingerprint density at radius 2 is 1.86 bits per heavy atom. The Morgan fingerprint density at radius 1 is 1.23 bits per heavy atom. The summed E-state index contributed by atoms with van der Waals surface area (Å²) in [6.07, 6.45) is 0. The van der Waals surface area contributed by atoms with Gasteiger partial charge in [0.15, 0.2) is 0 Å². The summed E-state index contributed by atoms with van der Waals surface area (Å²) in [5.74, 6) is 0.0351. The second-order valence-corrected chi connectivity index (χ2v) is 6.10. The molecule has 1 aromatic rings. The van der Waals surface area contributed by atoms with Crippen LogP contribution in [0.2, 0.25) is 5.02 Å². The first-order valence-corrected chi connectivity index (χ1v) is 7.83. The molecular weight excluding hydrogens is 302 g/mol. The minimum Gasteiger partial charge on any atom is -0.340 e. The number of piperazine rings is 1. The molecule has 0 aromatic heterocycles. The Bertz CT molecular complexity index is 569. The Hall–Kier alpha value is -1.59. The van der Waals surface area contributed by atoms with Gasteiger partial charge in [0.05, 0.1) is 6.04 Å². The number of carbonyl (C=O) groups is 2.